The Hall–Kier alpha value is -1.15. The molecular weight excluding hydrogens is 174 g/mol. The molecule has 0 spiro atoms. The van der Waals surface area contributed by atoms with E-state index in [1.165, 1.54) is 5.56 Å². The molecule has 1 rings (SSSR count). The molecule has 2 heteroatoms. The lowest BCUT2D eigenvalue weighted by molar-refractivity contribution is 0.354. The van der Waals surface area contributed by atoms with Crippen LogP contribution in [-0.4, -0.2) is 25.3 Å². The Bertz CT molecular complexity index is 307. The normalized spacial score (nSPS) is 12.9. The van der Waals surface area contributed by atoms with Gasteiger partial charge in [0.05, 0.1) is 0 Å². The monoisotopic (exact) mass is 190 g/mol. The van der Waals surface area contributed by atoms with E-state index in [9.17, 15) is 4.79 Å². The summed E-state index contributed by atoms with van der Waals surface area (Å²) in [5.74, 6) is 0. The Kier molecular flexibility index (Phi) is 3.84. The highest BCUT2D eigenvalue weighted by molar-refractivity contribution is 5.63. The van der Waals surface area contributed by atoms with Crippen LogP contribution in [0.1, 0.15) is 24.1 Å². The standard InChI is InChI=1S/C12H16NO/c1-4-10-7-5-6-8-11(10)12(9-14)13(2)3/h5-8,12H,4H2,1-3H3/t12-/m1/s1. The van der Waals surface area contributed by atoms with Crippen LogP contribution in [0.25, 0.3) is 0 Å². The van der Waals surface area contributed by atoms with Crippen LogP contribution in [0.2, 0.25) is 0 Å². The Labute approximate surface area is 85.5 Å². The zero-order valence-corrected chi connectivity index (χ0v) is 8.95. The highest BCUT2D eigenvalue weighted by atomic mass is 16.1. The molecule has 75 valence electrons. The minimum absolute atomic E-state index is 0.244. The van der Waals surface area contributed by atoms with E-state index in [4.69, 9.17) is 0 Å². The van der Waals surface area contributed by atoms with E-state index in [0.29, 0.717) is 0 Å². The molecule has 0 unspecified atom stereocenters. The first-order valence-corrected chi connectivity index (χ1v) is 4.82. The molecule has 0 heterocycles. The number of hydrogen-bond acceptors (Lipinski definition) is 2. The van der Waals surface area contributed by atoms with Crippen molar-refractivity contribution in [1.82, 2.24) is 4.90 Å². The summed E-state index contributed by atoms with van der Waals surface area (Å²) in [7, 11) is 3.78. The molecule has 0 aliphatic carbocycles. The molecule has 0 saturated carbocycles. The summed E-state index contributed by atoms with van der Waals surface area (Å²) in [6.07, 6.45) is 3.02. The van der Waals surface area contributed by atoms with E-state index in [1.807, 2.05) is 37.2 Å². The third kappa shape index (κ3) is 2.20. The number of nitrogens with zero attached hydrogens (tertiary/aromatic N) is 1. The first-order valence-electron chi connectivity index (χ1n) is 4.82. The lowest BCUT2D eigenvalue weighted by Gasteiger charge is -2.20. The average molecular weight is 190 g/mol. The molecule has 1 aromatic rings. The highest BCUT2D eigenvalue weighted by Gasteiger charge is 2.15. The molecule has 0 aliphatic rings. The summed E-state index contributed by atoms with van der Waals surface area (Å²) in [4.78, 5) is 12.7. The molecular formula is C12H16NO. The van der Waals surface area contributed by atoms with Crippen LogP contribution in [0.3, 0.4) is 0 Å². The van der Waals surface area contributed by atoms with E-state index < -0.39 is 0 Å². The van der Waals surface area contributed by atoms with Gasteiger partial charge in [-0.3, -0.25) is 9.69 Å². The fourth-order valence-electron chi connectivity index (χ4n) is 1.57. The van der Waals surface area contributed by atoms with Crippen molar-refractivity contribution in [3.8, 4) is 0 Å². The largest absolute Gasteiger partial charge is 0.296 e. The smallest absolute Gasteiger partial charge is 0.222 e. The van der Waals surface area contributed by atoms with Gasteiger partial charge in [0, 0.05) is 0 Å². The summed E-state index contributed by atoms with van der Waals surface area (Å²) in [6, 6.07) is 7.77. The van der Waals surface area contributed by atoms with Gasteiger partial charge in [-0.15, -0.1) is 0 Å². The van der Waals surface area contributed by atoms with Crippen LogP contribution in [0.4, 0.5) is 0 Å². The van der Waals surface area contributed by atoms with Gasteiger partial charge in [-0.2, -0.15) is 0 Å². The SMILES string of the molecule is CCc1ccccc1[C@@H]([C]=O)N(C)C. The first kappa shape index (κ1) is 10.9. The van der Waals surface area contributed by atoms with Gasteiger partial charge in [-0.25, -0.2) is 0 Å². The summed E-state index contributed by atoms with van der Waals surface area (Å²) in [5, 5.41) is 0. The van der Waals surface area contributed by atoms with Crippen molar-refractivity contribution in [3.63, 3.8) is 0 Å². The van der Waals surface area contributed by atoms with Crippen LogP contribution < -0.4 is 0 Å². The number of hydrogen-bond donors (Lipinski definition) is 0. The van der Waals surface area contributed by atoms with E-state index in [0.717, 1.165) is 12.0 Å². The second-order valence-electron chi connectivity index (χ2n) is 3.54. The van der Waals surface area contributed by atoms with Gasteiger partial charge in [-0.1, -0.05) is 31.2 Å². The zero-order valence-electron chi connectivity index (χ0n) is 8.95. The Morgan fingerprint density at radius 2 is 2.00 bits per heavy atom. The molecule has 0 saturated heterocycles. The Balaban J connectivity index is 3.08. The van der Waals surface area contributed by atoms with Crippen LogP contribution in [0, 0.1) is 0 Å². The molecule has 1 aromatic carbocycles. The number of carbonyl (C=O) groups excluding carboxylic acids is 1. The van der Waals surface area contributed by atoms with Gasteiger partial charge < -0.3 is 0 Å². The molecule has 0 aromatic heterocycles. The molecule has 0 amide bonds. The minimum Gasteiger partial charge on any atom is -0.296 e. The van der Waals surface area contributed by atoms with Gasteiger partial charge in [0.1, 0.15) is 6.04 Å². The van der Waals surface area contributed by atoms with Gasteiger partial charge in [-0.05, 0) is 31.6 Å². The highest BCUT2D eigenvalue weighted by Crippen LogP contribution is 2.20. The van der Waals surface area contributed by atoms with Crippen molar-refractivity contribution < 1.29 is 4.79 Å². The van der Waals surface area contributed by atoms with Crippen LogP contribution in [0.15, 0.2) is 24.3 Å². The second-order valence-corrected chi connectivity index (χ2v) is 3.54. The van der Waals surface area contributed by atoms with E-state index in [-0.39, 0.29) is 6.04 Å². The lowest BCUT2D eigenvalue weighted by Crippen LogP contribution is -2.22. The molecule has 0 bridgehead atoms. The fourth-order valence-corrected chi connectivity index (χ4v) is 1.57. The quantitative estimate of drug-likeness (QED) is 0.723. The average Bonchev–Trinajstić information content (AvgIpc) is 2.19. The van der Waals surface area contributed by atoms with Crippen molar-refractivity contribution in [2.75, 3.05) is 14.1 Å². The number of aryl methyl sites for hydroxylation is 1. The van der Waals surface area contributed by atoms with Gasteiger partial charge in [0.15, 0.2) is 0 Å². The van der Waals surface area contributed by atoms with Crippen molar-refractivity contribution in [2.24, 2.45) is 0 Å². The fraction of sp³-hybridized carbons (Fsp3) is 0.417. The Morgan fingerprint density at radius 1 is 1.36 bits per heavy atom. The Morgan fingerprint density at radius 3 is 2.50 bits per heavy atom. The van der Waals surface area contributed by atoms with Crippen molar-refractivity contribution in [1.29, 1.82) is 0 Å². The molecule has 0 fully saturated rings. The maximum Gasteiger partial charge on any atom is 0.222 e. The molecule has 0 aliphatic heterocycles. The molecule has 14 heavy (non-hydrogen) atoms. The number of rotatable bonds is 4. The topological polar surface area (TPSA) is 20.3 Å². The summed E-state index contributed by atoms with van der Waals surface area (Å²) >= 11 is 0. The molecule has 1 radical (unpaired) electrons. The molecule has 2 nitrogen and oxygen atoms in total. The molecule has 0 N–H and O–H groups in total. The van der Waals surface area contributed by atoms with Crippen LogP contribution >= 0.6 is 0 Å². The van der Waals surface area contributed by atoms with Gasteiger partial charge in [0.2, 0.25) is 6.29 Å². The maximum atomic E-state index is 10.8. The summed E-state index contributed by atoms with van der Waals surface area (Å²) in [5.41, 5.74) is 2.28. The van der Waals surface area contributed by atoms with Crippen molar-refractivity contribution in [2.45, 2.75) is 19.4 Å². The molecule has 1 atom stereocenters. The third-order valence-corrected chi connectivity index (χ3v) is 2.36. The number of benzene rings is 1. The van der Waals surface area contributed by atoms with Crippen molar-refractivity contribution >= 4 is 6.29 Å². The van der Waals surface area contributed by atoms with E-state index >= 15 is 0 Å². The van der Waals surface area contributed by atoms with Gasteiger partial charge in [0.25, 0.3) is 0 Å². The lowest BCUT2D eigenvalue weighted by atomic mass is 9.99. The predicted molar refractivity (Wildman–Crippen MR) is 57.9 cm³/mol. The van der Waals surface area contributed by atoms with Crippen LogP contribution in [0.5, 0.6) is 0 Å². The first-order chi connectivity index (χ1) is 6.70. The second kappa shape index (κ2) is 4.91. The van der Waals surface area contributed by atoms with E-state index in [1.54, 1.807) is 0 Å². The summed E-state index contributed by atoms with van der Waals surface area (Å²) in [6.45, 7) is 2.09. The minimum atomic E-state index is -0.244. The van der Waals surface area contributed by atoms with Crippen molar-refractivity contribution in [3.05, 3.63) is 35.4 Å². The third-order valence-electron chi connectivity index (χ3n) is 2.36. The summed E-state index contributed by atoms with van der Waals surface area (Å²) < 4.78 is 0. The maximum absolute atomic E-state index is 10.8. The number of likely N-dealkylation sites (N-methyl/N-ethyl adjacent to an activating group) is 1. The zero-order chi connectivity index (χ0) is 10.6. The predicted octanol–water partition coefficient (Wildman–Crippen LogP) is 1.96. The van der Waals surface area contributed by atoms with Crippen LogP contribution in [-0.2, 0) is 11.2 Å². The van der Waals surface area contributed by atoms with E-state index in [2.05, 4.69) is 19.3 Å². The van der Waals surface area contributed by atoms with Gasteiger partial charge >= 0.3 is 0 Å².